The van der Waals surface area contributed by atoms with Crippen molar-refractivity contribution in [3.63, 3.8) is 0 Å². The maximum atomic E-state index is 11.9. The Bertz CT molecular complexity index is 519. The summed E-state index contributed by atoms with van der Waals surface area (Å²) in [7, 11) is 0. The molecule has 0 aliphatic rings. The average molecular weight is 275 g/mol. The summed E-state index contributed by atoms with van der Waals surface area (Å²) < 4.78 is 0. The SMILES string of the molecule is C=CCCC(NC(=O)c1ccc(C(C)=O)cc1)C(=O)O. The molecule has 0 aliphatic heterocycles. The lowest BCUT2D eigenvalue weighted by atomic mass is 10.1. The Kier molecular flexibility index (Phi) is 5.65. The van der Waals surface area contributed by atoms with Crippen LogP contribution in [0, 0.1) is 0 Å². The largest absolute Gasteiger partial charge is 0.480 e. The van der Waals surface area contributed by atoms with Crippen molar-refractivity contribution in [1.82, 2.24) is 5.32 Å². The Hall–Kier alpha value is -2.43. The van der Waals surface area contributed by atoms with Gasteiger partial charge in [-0.25, -0.2) is 4.79 Å². The molecule has 106 valence electrons. The quantitative estimate of drug-likeness (QED) is 0.589. The number of aliphatic carboxylic acids is 1. The molecule has 0 aliphatic carbocycles. The molecule has 1 amide bonds. The van der Waals surface area contributed by atoms with Crippen molar-refractivity contribution < 1.29 is 19.5 Å². The Morgan fingerprint density at radius 2 is 1.80 bits per heavy atom. The van der Waals surface area contributed by atoms with Gasteiger partial charge in [0.15, 0.2) is 5.78 Å². The van der Waals surface area contributed by atoms with Crippen LogP contribution in [-0.2, 0) is 4.79 Å². The van der Waals surface area contributed by atoms with Crippen LogP contribution in [-0.4, -0.2) is 28.8 Å². The number of ketones is 1. The van der Waals surface area contributed by atoms with E-state index < -0.39 is 17.9 Å². The van der Waals surface area contributed by atoms with Crippen molar-refractivity contribution in [2.24, 2.45) is 0 Å². The smallest absolute Gasteiger partial charge is 0.326 e. The minimum absolute atomic E-state index is 0.0913. The van der Waals surface area contributed by atoms with Crippen LogP contribution in [0.4, 0.5) is 0 Å². The molecular formula is C15H17NO4. The van der Waals surface area contributed by atoms with Crippen molar-refractivity contribution >= 4 is 17.7 Å². The van der Waals surface area contributed by atoms with Crippen LogP contribution in [0.2, 0.25) is 0 Å². The summed E-state index contributed by atoms with van der Waals surface area (Å²) in [6.07, 6.45) is 2.39. The molecule has 2 N–H and O–H groups in total. The van der Waals surface area contributed by atoms with Crippen LogP contribution in [0.3, 0.4) is 0 Å². The summed E-state index contributed by atoms with van der Waals surface area (Å²) in [5, 5.41) is 11.5. The van der Waals surface area contributed by atoms with E-state index in [1.165, 1.54) is 31.2 Å². The van der Waals surface area contributed by atoms with E-state index in [1.807, 2.05) is 0 Å². The van der Waals surface area contributed by atoms with Gasteiger partial charge in [-0.3, -0.25) is 9.59 Å². The molecule has 1 unspecified atom stereocenters. The van der Waals surface area contributed by atoms with Gasteiger partial charge in [-0.15, -0.1) is 6.58 Å². The Morgan fingerprint density at radius 1 is 1.25 bits per heavy atom. The van der Waals surface area contributed by atoms with E-state index in [1.54, 1.807) is 6.08 Å². The molecule has 1 atom stereocenters. The third kappa shape index (κ3) is 4.35. The van der Waals surface area contributed by atoms with E-state index in [9.17, 15) is 14.4 Å². The number of carboxylic acids is 1. The highest BCUT2D eigenvalue weighted by Gasteiger charge is 2.19. The molecular weight excluding hydrogens is 258 g/mol. The number of rotatable bonds is 7. The molecule has 20 heavy (non-hydrogen) atoms. The molecule has 5 nitrogen and oxygen atoms in total. The van der Waals surface area contributed by atoms with Gasteiger partial charge in [0.1, 0.15) is 6.04 Å². The topological polar surface area (TPSA) is 83.5 Å². The highest BCUT2D eigenvalue weighted by atomic mass is 16.4. The first-order valence-corrected chi connectivity index (χ1v) is 6.21. The van der Waals surface area contributed by atoms with Crippen molar-refractivity contribution in [1.29, 1.82) is 0 Å². The zero-order valence-corrected chi connectivity index (χ0v) is 11.3. The Labute approximate surface area is 117 Å². The first kappa shape index (κ1) is 15.6. The van der Waals surface area contributed by atoms with E-state index in [-0.39, 0.29) is 12.2 Å². The fourth-order valence-corrected chi connectivity index (χ4v) is 1.64. The van der Waals surface area contributed by atoms with Gasteiger partial charge in [0, 0.05) is 11.1 Å². The fraction of sp³-hybridized carbons (Fsp3) is 0.267. The maximum absolute atomic E-state index is 11.9. The number of carbonyl (C=O) groups is 3. The predicted molar refractivity (Wildman–Crippen MR) is 74.8 cm³/mol. The molecule has 1 rings (SSSR count). The first-order chi connectivity index (χ1) is 9.45. The number of carboxylic acid groups (broad SMARTS) is 1. The second-order valence-corrected chi connectivity index (χ2v) is 4.36. The highest BCUT2D eigenvalue weighted by Crippen LogP contribution is 2.07. The van der Waals surface area contributed by atoms with Gasteiger partial charge in [-0.2, -0.15) is 0 Å². The van der Waals surface area contributed by atoms with Crippen molar-refractivity contribution in [3.05, 3.63) is 48.0 Å². The second-order valence-electron chi connectivity index (χ2n) is 4.36. The molecule has 0 spiro atoms. The van der Waals surface area contributed by atoms with Gasteiger partial charge < -0.3 is 10.4 Å². The van der Waals surface area contributed by atoms with Gasteiger partial charge >= 0.3 is 5.97 Å². The number of hydrogen-bond acceptors (Lipinski definition) is 3. The number of hydrogen-bond donors (Lipinski definition) is 2. The number of carbonyl (C=O) groups excluding carboxylic acids is 2. The summed E-state index contributed by atoms with van der Waals surface area (Å²) in [6, 6.07) is 5.12. The van der Waals surface area contributed by atoms with E-state index in [2.05, 4.69) is 11.9 Å². The van der Waals surface area contributed by atoms with Gasteiger partial charge in [0.2, 0.25) is 0 Å². The van der Waals surface area contributed by atoms with Crippen LogP contribution in [0.15, 0.2) is 36.9 Å². The van der Waals surface area contributed by atoms with Gasteiger partial charge in [-0.1, -0.05) is 18.2 Å². The van der Waals surface area contributed by atoms with Crippen LogP contribution < -0.4 is 5.32 Å². The minimum Gasteiger partial charge on any atom is -0.480 e. The molecule has 0 saturated heterocycles. The monoisotopic (exact) mass is 275 g/mol. The Morgan fingerprint density at radius 3 is 2.25 bits per heavy atom. The summed E-state index contributed by atoms with van der Waals surface area (Å²) in [5.41, 5.74) is 0.822. The lowest BCUT2D eigenvalue weighted by molar-refractivity contribution is -0.139. The molecule has 0 radical (unpaired) electrons. The van der Waals surface area contributed by atoms with E-state index in [4.69, 9.17) is 5.11 Å². The second kappa shape index (κ2) is 7.23. The standard InChI is InChI=1S/C15H17NO4/c1-3-4-5-13(15(19)20)16-14(18)12-8-6-11(7-9-12)10(2)17/h3,6-9,13H,1,4-5H2,2H3,(H,16,18)(H,19,20). The number of benzene rings is 1. The van der Waals surface area contributed by atoms with E-state index >= 15 is 0 Å². The van der Waals surface area contributed by atoms with E-state index in [0.29, 0.717) is 17.5 Å². The van der Waals surface area contributed by atoms with Crippen LogP contribution >= 0.6 is 0 Å². The molecule has 1 aromatic carbocycles. The van der Waals surface area contributed by atoms with Crippen LogP contribution in [0.5, 0.6) is 0 Å². The highest BCUT2D eigenvalue weighted by molar-refractivity contribution is 5.98. The van der Waals surface area contributed by atoms with Crippen LogP contribution in [0.25, 0.3) is 0 Å². The summed E-state index contributed by atoms with van der Waals surface area (Å²) in [5.74, 6) is -1.65. The number of nitrogens with one attached hydrogen (secondary N) is 1. The lowest BCUT2D eigenvalue weighted by Gasteiger charge is -2.13. The summed E-state index contributed by atoms with van der Waals surface area (Å²) in [6.45, 7) is 4.95. The van der Waals surface area contributed by atoms with Crippen molar-refractivity contribution in [3.8, 4) is 0 Å². The number of amides is 1. The molecule has 0 saturated carbocycles. The van der Waals surface area contributed by atoms with Crippen LogP contribution in [0.1, 0.15) is 40.5 Å². The summed E-state index contributed by atoms with van der Waals surface area (Å²) in [4.78, 5) is 34.1. The first-order valence-electron chi connectivity index (χ1n) is 6.21. The van der Waals surface area contributed by atoms with Gasteiger partial charge in [-0.05, 0) is 31.9 Å². The lowest BCUT2D eigenvalue weighted by Crippen LogP contribution is -2.40. The third-order valence-corrected chi connectivity index (χ3v) is 2.82. The maximum Gasteiger partial charge on any atom is 0.326 e. The molecule has 1 aromatic rings. The summed E-state index contributed by atoms with van der Waals surface area (Å²) >= 11 is 0. The van der Waals surface area contributed by atoms with Crippen molar-refractivity contribution in [2.45, 2.75) is 25.8 Å². The predicted octanol–water partition coefficient (Wildman–Crippen LogP) is 2.04. The molecule has 0 heterocycles. The number of allylic oxidation sites excluding steroid dienone is 1. The average Bonchev–Trinajstić information content (AvgIpc) is 2.42. The van der Waals surface area contributed by atoms with Gasteiger partial charge in [0.25, 0.3) is 5.91 Å². The fourth-order valence-electron chi connectivity index (χ4n) is 1.64. The van der Waals surface area contributed by atoms with E-state index in [0.717, 1.165) is 0 Å². The third-order valence-electron chi connectivity index (χ3n) is 2.82. The Balaban J connectivity index is 2.75. The van der Waals surface area contributed by atoms with Crippen molar-refractivity contribution in [2.75, 3.05) is 0 Å². The normalized spacial score (nSPS) is 11.4. The van der Waals surface area contributed by atoms with Gasteiger partial charge in [0.05, 0.1) is 0 Å². The molecule has 0 bridgehead atoms. The zero-order chi connectivity index (χ0) is 15.1. The molecule has 5 heteroatoms. The zero-order valence-electron chi connectivity index (χ0n) is 11.3. The number of Topliss-reactive ketones (excluding diaryl/α,β-unsaturated/α-hetero) is 1. The molecule has 0 aromatic heterocycles. The minimum atomic E-state index is -1.08. The molecule has 0 fully saturated rings.